The maximum Gasteiger partial charge on any atom is 0.434 e. The highest BCUT2D eigenvalue weighted by Gasteiger charge is 2.33. The lowest BCUT2D eigenvalue weighted by molar-refractivity contribution is -0.140. The standard InChI is InChI=1S/C19H23F3N4OS/c1-3-11-27-15-8-6-5-7-14(15)12-25-18(23-4-2)24-10-9-17-26-16(13-28-17)19(20,21)22/h3,5-8,13H,1,4,9-12H2,2H3,(H2,23,24,25). The molecule has 1 aromatic carbocycles. The first-order valence-electron chi connectivity index (χ1n) is 8.79. The van der Waals surface area contributed by atoms with Gasteiger partial charge in [0, 0.05) is 30.5 Å². The molecule has 0 radical (unpaired) electrons. The Morgan fingerprint density at radius 3 is 2.79 bits per heavy atom. The smallest absolute Gasteiger partial charge is 0.434 e. The number of halogens is 3. The van der Waals surface area contributed by atoms with Crippen molar-refractivity contribution in [3.63, 3.8) is 0 Å². The third-order valence-electron chi connectivity index (χ3n) is 3.55. The van der Waals surface area contributed by atoms with E-state index in [2.05, 4.69) is 27.2 Å². The molecular weight excluding hydrogens is 389 g/mol. The number of ether oxygens (including phenoxy) is 1. The van der Waals surface area contributed by atoms with Crippen LogP contribution < -0.4 is 15.4 Å². The zero-order chi connectivity index (χ0) is 20.4. The molecule has 0 atom stereocenters. The van der Waals surface area contributed by atoms with E-state index in [4.69, 9.17) is 4.74 Å². The van der Waals surface area contributed by atoms with Crippen LogP contribution in [-0.4, -0.2) is 30.6 Å². The van der Waals surface area contributed by atoms with Crippen molar-refractivity contribution in [3.8, 4) is 5.75 Å². The van der Waals surface area contributed by atoms with Crippen molar-refractivity contribution in [3.05, 3.63) is 58.6 Å². The highest BCUT2D eigenvalue weighted by atomic mass is 32.1. The fraction of sp³-hybridized carbons (Fsp3) is 0.368. The Kier molecular flexibility index (Phi) is 8.31. The predicted molar refractivity (Wildman–Crippen MR) is 106 cm³/mol. The van der Waals surface area contributed by atoms with Gasteiger partial charge in [-0.1, -0.05) is 30.9 Å². The Hall–Kier alpha value is -2.55. The summed E-state index contributed by atoms with van der Waals surface area (Å²) in [6.07, 6.45) is -2.35. The van der Waals surface area contributed by atoms with Gasteiger partial charge in [0.25, 0.3) is 0 Å². The minimum absolute atomic E-state index is 0.379. The number of thiazole rings is 1. The second kappa shape index (κ2) is 10.7. The summed E-state index contributed by atoms with van der Waals surface area (Å²) in [7, 11) is 0. The summed E-state index contributed by atoms with van der Waals surface area (Å²) in [5.41, 5.74) is 0.0838. The van der Waals surface area contributed by atoms with E-state index in [0.29, 0.717) is 43.6 Å². The summed E-state index contributed by atoms with van der Waals surface area (Å²) in [4.78, 5) is 8.15. The minimum Gasteiger partial charge on any atom is -0.489 e. The van der Waals surface area contributed by atoms with Gasteiger partial charge in [-0.3, -0.25) is 0 Å². The van der Waals surface area contributed by atoms with Crippen molar-refractivity contribution < 1.29 is 17.9 Å². The van der Waals surface area contributed by atoms with Crippen LogP contribution in [0.5, 0.6) is 5.75 Å². The van der Waals surface area contributed by atoms with Gasteiger partial charge in [-0.2, -0.15) is 13.2 Å². The lowest BCUT2D eigenvalue weighted by Crippen LogP contribution is -2.38. The molecule has 2 rings (SSSR count). The number of nitrogens with one attached hydrogen (secondary N) is 2. The van der Waals surface area contributed by atoms with Gasteiger partial charge in [-0.05, 0) is 13.0 Å². The van der Waals surface area contributed by atoms with E-state index in [1.165, 1.54) is 0 Å². The Bertz CT molecular complexity index is 789. The predicted octanol–water partition coefficient (Wildman–Crippen LogP) is 4.02. The second-order valence-corrected chi connectivity index (χ2v) is 6.65. The van der Waals surface area contributed by atoms with Crippen molar-refractivity contribution in [2.45, 2.75) is 26.1 Å². The molecule has 0 unspecified atom stereocenters. The average Bonchev–Trinajstić information content (AvgIpc) is 3.14. The van der Waals surface area contributed by atoms with Gasteiger partial charge in [-0.15, -0.1) is 11.3 Å². The highest BCUT2D eigenvalue weighted by Crippen LogP contribution is 2.30. The Labute approximate surface area is 166 Å². The number of hydrogen-bond acceptors (Lipinski definition) is 4. The molecule has 0 saturated heterocycles. The molecule has 0 saturated carbocycles. The zero-order valence-electron chi connectivity index (χ0n) is 15.6. The Morgan fingerprint density at radius 1 is 1.32 bits per heavy atom. The van der Waals surface area contributed by atoms with Gasteiger partial charge in [-0.25, -0.2) is 9.98 Å². The lowest BCUT2D eigenvalue weighted by Gasteiger charge is -2.12. The SMILES string of the molecule is C=CCOc1ccccc1CN=C(NCC)NCCc1nc(C(F)(F)F)cs1. The molecule has 0 amide bonds. The molecule has 2 aromatic rings. The molecule has 152 valence electrons. The van der Waals surface area contributed by atoms with E-state index in [0.717, 1.165) is 28.0 Å². The average molecular weight is 412 g/mol. The van der Waals surface area contributed by atoms with Crippen LogP contribution in [0.4, 0.5) is 13.2 Å². The number of rotatable bonds is 9. The molecule has 9 heteroatoms. The van der Waals surface area contributed by atoms with Crippen LogP contribution in [0, 0.1) is 0 Å². The normalized spacial score (nSPS) is 11.9. The van der Waals surface area contributed by atoms with Crippen molar-refractivity contribution in [2.24, 2.45) is 4.99 Å². The van der Waals surface area contributed by atoms with Crippen LogP contribution in [0.3, 0.4) is 0 Å². The third kappa shape index (κ3) is 6.88. The molecular formula is C19H23F3N4OS. The fourth-order valence-corrected chi connectivity index (χ4v) is 3.08. The number of para-hydroxylation sites is 1. The van der Waals surface area contributed by atoms with Crippen molar-refractivity contribution >= 4 is 17.3 Å². The maximum absolute atomic E-state index is 12.6. The van der Waals surface area contributed by atoms with Crippen LogP contribution >= 0.6 is 11.3 Å². The minimum atomic E-state index is -4.40. The topological polar surface area (TPSA) is 58.5 Å². The number of hydrogen-bond donors (Lipinski definition) is 2. The van der Waals surface area contributed by atoms with Gasteiger partial charge >= 0.3 is 6.18 Å². The molecule has 2 N–H and O–H groups in total. The molecule has 0 aliphatic carbocycles. The zero-order valence-corrected chi connectivity index (χ0v) is 16.4. The van der Waals surface area contributed by atoms with Gasteiger partial charge in [0.1, 0.15) is 12.4 Å². The number of aliphatic imine (C=N–C) groups is 1. The molecule has 28 heavy (non-hydrogen) atoms. The summed E-state index contributed by atoms with van der Waals surface area (Å²) in [6.45, 7) is 7.47. The number of benzene rings is 1. The summed E-state index contributed by atoms with van der Waals surface area (Å²) in [6, 6.07) is 7.60. The van der Waals surface area contributed by atoms with Crippen molar-refractivity contribution in [1.82, 2.24) is 15.6 Å². The molecule has 0 spiro atoms. The first kappa shape index (κ1) is 21.7. The van der Waals surface area contributed by atoms with Gasteiger partial charge in [0.05, 0.1) is 11.6 Å². The first-order valence-corrected chi connectivity index (χ1v) is 9.67. The Morgan fingerprint density at radius 2 is 2.11 bits per heavy atom. The summed E-state index contributed by atoms with van der Waals surface area (Å²) in [5.74, 6) is 1.32. The van der Waals surface area contributed by atoms with Crippen LogP contribution in [0.25, 0.3) is 0 Å². The highest BCUT2D eigenvalue weighted by molar-refractivity contribution is 7.09. The van der Waals surface area contributed by atoms with Crippen molar-refractivity contribution in [1.29, 1.82) is 0 Å². The summed E-state index contributed by atoms with van der Waals surface area (Å²) < 4.78 is 43.4. The molecule has 5 nitrogen and oxygen atoms in total. The van der Waals surface area contributed by atoms with E-state index in [-0.39, 0.29) is 0 Å². The van der Waals surface area contributed by atoms with Crippen LogP contribution in [-0.2, 0) is 19.1 Å². The van der Waals surface area contributed by atoms with E-state index in [1.807, 2.05) is 31.2 Å². The van der Waals surface area contributed by atoms with E-state index in [9.17, 15) is 13.2 Å². The number of nitrogens with zero attached hydrogens (tertiary/aromatic N) is 2. The number of alkyl halides is 3. The van der Waals surface area contributed by atoms with Crippen LogP contribution in [0.15, 0.2) is 47.3 Å². The molecule has 1 heterocycles. The largest absolute Gasteiger partial charge is 0.489 e. The van der Waals surface area contributed by atoms with Crippen LogP contribution in [0.2, 0.25) is 0 Å². The lowest BCUT2D eigenvalue weighted by atomic mass is 10.2. The van der Waals surface area contributed by atoms with Gasteiger partial charge in [0.2, 0.25) is 0 Å². The summed E-state index contributed by atoms with van der Waals surface area (Å²) >= 11 is 1.01. The molecule has 1 aromatic heterocycles. The van der Waals surface area contributed by atoms with E-state index < -0.39 is 11.9 Å². The number of guanidine groups is 1. The monoisotopic (exact) mass is 412 g/mol. The maximum atomic E-state index is 12.6. The quantitative estimate of drug-likeness (QED) is 0.371. The van der Waals surface area contributed by atoms with Gasteiger partial charge < -0.3 is 15.4 Å². The Balaban J connectivity index is 1.94. The molecule has 0 bridgehead atoms. The van der Waals surface area contributed by atoms with Crippen LogP contribution in [0.1, 0.15) is 23.2 Å². The molecule has 0 aliphatic heterocycles. The molecule has 0 fully saturated rings. The summed E-state index contributed by atoms with van der Waals surface area (Å²) in [5, 5.41) is 7.70. The van der Waals surface area contributed by atoms with E-state index >= 15 is 0 Å². The fourth-order valence-electron chi connectivity index (χ4n) is 2.27. The number of aromatic nitrogens is 1. The first-order chi connectivity index (χ1) is 13.4. The van der Waals surface area contributed by atoms with E-state index in [1.54, 1.807) is 6.08 Å². The van der Waals surface area contributed by atoms with Gasteiger partial charge in [0.15, 0.2) is 11.7 Å². The third-order valence-corrected chi connectivity index (χ3v) is 4.46. The van der Waals surface area contributed by atoms with Crippen molar-refractivity contribution in [2.75, 3.05) is 19.7 Å². The molecule has 0 aliphatic rings. The second-order valence-electron chi connectivity index (χ2n) is 5.70.